The van der Waals surface area contributed by atoms with E-state index in [2.05, 4.69) is 20.5 Å². The molecule has 0 aromatic heterocycles. The largest absolute Gasteiger partial charge is 0.477 e. The SMILES string of the molecule is CN(C)C(=O)[C@]1(C)Cc2cc(NC(=O)/C(C=N)=C3\N=CC=CN3)c(N3CCOCC3)cc2O1. The number of rotatable bonds is 5. The molecule has 174 valence electrons. The molecule has 0 unspecified atom stereocenters. The van der Waals surface area contributed by atoms with Crippen LogP contribution in [0.2, 0.25) is 0 Å². The number of carbonyl (C=O) groups is 2. The third-order valence-corrected chi connectivity index (χ3v) is 5.75. The van der Waals surface area contributed by atoms with Crippen LogP contribution in [0.15, 0.2) is 40.8 Å². The number of benzene rings is 1. The number of amides is 2. The second-order valence-electron chi connectivity index (χ2n) is 8.43. The molecule has 0 bridgehead atoms. The standard InChI is InChI=1S/C23H28N6O4/c1-23(22(31)28(2)3)13-15-11-17(18(12-19(15)33-23)29-7-9-32-10-8-29)27-21(30)16(14-24)20-25-5-4-6-26-20/h4-6,11-12,14,24-25H,7-10,13H2,1-3H3,(H,27,30)/b20-16-,24-14?/t23-/m0/s1. The van der Waals surface area contributed by atoms with Crippen LogP contribution >= 0.6 is 0 Å². The fourth-order valence-corrected chi connectivity index (χ4v) is 4.15. The number of likely N-dealkylation sites (N-methyl/N-ethyl adjacent to an activating group) is 1. The topological polar surface area (TPSA) is 119 Å². The summed E-state index contributed by atoms with van der Waals surface area (Å²) >= 11 is 0. The van der Waals surface area contributed by atoms with Gasteiger partial charge in [-0.15, -0.1) is 0 Å². The molecule has 0 radical (unpaired) electrons. The van der Waals surface area contributed by atoms with E-state index in [0.29, 0.717) is 50.0 Å². The Morgan fingerprint density at radius 3 is 2.70 bits per heavy atom. The number of nitrogens with zero attached hydrogens (tertiary/aromatic N) is 3. The first-order chi connectivity index (χ1) is 15.8. The maximum Gasteiger partial charge on any atom is 0.266 e. The number of anilines is 2. The van der Waals surface area contributed by atoms with E-state index in [4.69, 9.17) is 14.9 Å². The Labute approximate surface area is 192 Å². The number of morpholine rings is 1. The number of hydrogen-bond acceptors (Lipinski definition) is 8. The van der Waals surface area contributed by atoms with Gasteiger partial charge in [-0.2, -0.15) is 0 Å². The third-order valence-electron chi connectivity index (χ3n) is 5.75. The van der Waals surface area contributed by atoms with Gasteiger partial charge in [-0.05, 0) is 19.1 Å². The van der Waals surface area contributed by atoms with E-state index in [1.165, 1.54) is 4.90 Å². The number of allylic oxidation sites excluding steroid dienone is 1. The zero-order chi connectivity index (χ0) is 23.6. The van der Waals surface area contributed by atoms with Crippen molar-refractivity contribution in [3.05, 3.63) is 41.4 Å². The molecule has 3 N–H and O–H groups in total. The molecule has 1 saturated heterocycles. The van der Waals surface area contributed by atoms with E-state index in [9.17, 15) is 9.59 Å². The Morgan fingerprint density at radius 1 is 1.30 bits per heavy atom. The zero-order valence-electron chi connectivity index (χ0n) is 19.0. The summed E-state index contributed by atoms with van der Waals surface area (Å²) in [7, 11) is 3.40. The van der Waals surface area contributed by atoms with Crippen molar-refractivity contribution in [2.45, 2.75) is 18.9 Å². The molecule has 4 rings (SSSR count). The van der Waals surface area contributed by atoms with Crippen LogP contribution in [0.5, 0.6) is 5.75 Å². The van der Waals surface area contributed by atoms with Gasteiger partial charge in [0.05, 0.1) is 30.2 Å². The highest BCUT2D eigenvalue weighted by molar-refractivity contribution is 6.18. The summed E-state index contributed by atoms with van der Waals surface area (Å²) in [5.74, 6) is 0.343. The summed E-state index contributed by atoms with van der Waals surface area (Å²) in [5.41, 5.74) is 1.29. The number of carbonyl (C=O) groups excluding carboxylic acids is 2. The number of fused-ring (bicyclic) bond motifs is 1. The van der Waals surface area contributed by atoms with Crippen LogP contribution in [0.1, 0.15) is 12.5 Å². The van der Waals surface area contributed by atoms with Gasteiger partial charge >= 0.3 is 0 Å². The normalized spacial score (nSPS) is 22.7. The van der Waals surface area contributed by atoms with Crippen molar-refractivity contribution in [1.29, 1.82) is 5.41 Å². The first kappa shape index (κ1) is 22.5. The Bertz CT molecular complexity index is 1070. The maximum atomic E-state index is 13.1. The second kappa shape index (κ2) is 9.07. The van der Waals surface area contributed by atoms with Gasteiger partial charge in [0.2, 0.25) is 0 Å². The van der Waals surface area contributed by atoms with Crippen molar-refractivity contribution in [3.8, 4) is 5.75 Å². The Morgan fingerprint density at radius 2 is 2.06 bits per heavy atom. The molecule has 3 heterocycles. The van der Waals surface area contributed by atoms with Crippen molar-refractivity contribution in [3.63, 3.8) is 0 Å². The third kappa shape index (κ3) is 4.47. The van der Waals surface area contributed by atoms with Gasteiger partial charge in [0, 0.05) is 63.9 Å². The average Bonchev–Trinajstić information content (AvgIpc) is 3.16. The highest BCUT2D eigenvalue weighted by Crippen LogP contribution is 2.42. The van der Waals surface area contributed by atoms with Gasteiger partial charge < -0.3 is 35.3 Å². The van der Waals surface area contributed by atoms with E-state index < -0.39 is 11.5 Å². The summed E-state index contributed by atoms with van der Waals surface area (Å²) in [4.78, 5) is 33.6. The van der Waals surface area contributed by atoms with Gasteiger partial charge in [0.15, 0.2) is 5.60 Å². The van der Waals surface area contributed by atoms with E-state index in [-0.39, 0.29) is 11.5 Å². The average molecular weight is 453 g/mol. The number of nitrogens with one attached hydrogen (secondary N) is 3. The monoisotopic (exact) mass is 452 g/mol. The predicted molar refractivity (Wildman–Crippen MR) is 126 cm³/mol. The zero-order valence-corrected chi connectivity index (χ0v) is 19.0. The van der Waals surface area contributed by atoms with Crippen LogP contribution in [0, 0.1) is 5.41 Å². The fourth-order valence-electron chi connectivity index (χ4n) is 4.15. The van der Waals surface area contributed by atoms with Crippen molar-refractivity contribution in [2.75, 3.05) is 50.6 Å². The maximum absolute atomic E-state index is 13.1. The van der Waals surface area contributed by atoms with Crippen LogP contribution in [0.4, 0.5) is 11.4 Å². The van der Waals surface area contributed by atoms with E-state index in [1.54, 1.807) is 39.5 Å². The molecule has 3 aliphatic heterocycles. The molecule has 33 heavy (non-hydrogen) atoms. The fraction of sp³-hybridized carbons (Fsp3) is 0.391. The predicted octanol–water partition coefficient (Wildman–Crippen LogP) is 1.29. The van der Waals surface area contributed by atoms with Crippen LogP contribution in [-0.2, 0) is 20.7 Å². The lowest BCUT2D eigenvalue weighted by atomic mass is 9.97. The molecule has 0 aliphatic carbocycles. The summed E-state index contributed by atoms with van der Waals surface area (Å²) in [6.45, 7) is 4.24. The highest BCUT2D eigenvalue weighted by atomic mass is 16.5. The van der Waals surface area contributed by atoms with Crippen molar-refractivity contribution < 1.29 is 19.1 Å². The summed E-state index contributed by atoms with van der Waals surface area (Å²) in [5, 5.41) is 13.6. The number of ether oxygens (including phenoxy) is 2. The number of aliphatic imine (C=N–C) groups is 1. The van der Waals surface area contributed by atoms with Gasteiger partial charge in [0.25, 0.3) is 11.8 Å². The molecule has 0 saturated carbocycles. The molecule has 1 atom stereocenters. The van der Waals surface area contributed by atoms with Gasteiger partial charge in [-0.25, -0.2) is 4.99 Å². The first-order valence-corrected chi connectivity index (χ1v) is 10.7. The lowest BCUT2D eigenvalue weighted by molar-refractivity contribution is -0.142. The summed E-state index contributed by atoms with van der Waals surface area (Å²) in [6, 6.07) is 3.73. The number of hydrogen-bond donors (Lipinski definition) is 3. The van der Waals surface area contributed by atoms with E-state index >= 15 is 0 Å². The van der Waals surface area contributed by atoms with Crippen LogP contribution < -0.4 is 20.3 Å². The summed E-state index contributed by atoms with van der Waals surface area (Å²) < 4.78 is 11.6. The summed E-state index contributed by atoms with van der Waals surface area (Å²) in [6.07, 6.45) is 6.27. The molecular formula is C23H28N6O4. The molecule has 1 fully saturated rings. The van der Waals surface area contributed by atoms with Crippen LogP contribution in [0.3, 0.4) is 0 Å². The van der Waals surface area contributed by atoms with E-state index in [1.807, 2.05) is 12.1 Å². The lowest BCUT2D eigenvalue weighted by Crippen LogP contribution is -2.47. The van der Waals surface area contributed by atoms with Crippen molar-refractivity contribution in [1.82, 2.24) is 10.2 Å². The van der Waals surface area contributed by atoms with Crippen LogP contribution in [0.25, 0.3) is 0 Å². The molecule has 2 amide bonds. The Kier molecular flexibility index (Phi) is 6.19. The molecule has 10 heteroatoms. The Hall–Kier alpha value is -3.66. The first-order valence-electron chi connectivity index (χ1n) is 10.7. The smallest absolute Gasteiger partial charge is 0.266 e. The molecule has 1 aromatic rings. The van der Waals surface area contributed by atoms with Gasteiger partial charge in [-0.3, -0.25) is 9.59 Å². The van der Waals surface area contributed by atoms with Crippen molar-refractivity contribution >= 4 is 35.6 Å². The minimum Gasteiger partial charge on any atom is -0.477 e. The lowest BCUT2D eigenvalue weighted by Gasteiger charge is -2.31. The Balaban J connectivity index is 1.69. The molecule has 1 aromatic carbocycles. The molecule has 10 nitrogen and oxygen atoms in total. The van der Waals surface area contributed by atoms with Gasteiger partial charge in [0.1, 0.15) is 11.6 Å². The van der Waals surface area contributed by atoms with Crippen molar-refractivity contribution in [2.24, 2.45) is 4.99 Å². The highest BCUT2D eigenvalue weighted by Gasteiger charge is 2.43. The van der Waals surface area contributed by atoms with Crippen LogP contribution in [-0.4, -0.2) is 75.1 Å². The molecule has 0 spiro atoms. The molecular weight excluding hydrogens is 424 g/mol. The second-order valence-corrected chi connectivity index (χ2v) is 8.43. The quantitative estimate of drug-likeness (QED) is 0.458. The minimum absolute atomic E-state index is 0.105. The minimum atomic E-state index is -1.01. The van der Waals surface area contributed by atoms with Gasteiger partial charge in [-0.1, -0.05) is 0 Å². The van der Waals surface area contributed by atoms with E-state index in [0.717, 1.165) is 17.5 Å². The molecule has 3 aliphatic rings.